The van der Waals surface area contributed by atoms with Gasteiger partial charge in [0.15, 0.2) is 6.61 Å². The van der Waals surface area contributed by atoms with Crippen molar-refractivity contribution in [2.75, 3.05) is 37.7 Å². The van der Waals surface area contributed by atoms with Crippen molar-refractivity contribution in [1.29, 1.82) is 0 Å². The van der Waals surface area contributed by atoms with Gasteiger partial charge >= 0.3 is 12.1 Å². The molecule has 1 aromatic carbocycles. The molecule has 27 heavy (non-hydrogen) atoms. The second-order valence-corrected chi connectivity index (χ2v) is 6.59. The Morgan fingerprint density at radius 2 is 1.74 bits per heavy atom. The molecule has 0 atom stereocenters. The molecular weight excluding hydrogens is 348 g/mol. The summed E-state index contributed by atoms with van der Waals surface area (Å²) >= 11 is 0. The van der Waals surface area contributed by atoms with Gasteiger partial charge in [0.1, 0.15) is 6.61 Å². The van der Waals surface area contributed by atoms with Gasteiger partial charge in [0.2, 0.25) is 0 Å². The molecule has 2 aliphatic rings. The quantitative estimate of drug-likeness (QED) is 0.584. The van der Waals surface area contributed by atoms with Crippen LogP contribution in [0.1, 0.15) is 31.2 Å². The van der Waals surface area contributed by atoms with Crippen molar-refractivity contribution < 1.29 is 23.9 Å². The second-order valence-electron chi connectivity index (χ2n) is 6.59. The lowest BCUT2D eigenvalue weighted by atomic mass is 10.1. The zero-order valence-electron chi connectivity index (χ0n) is 15.3. The monoisotopic (exact) mass is 372 g/mol. The first-order valence-corrected chi connectivity index (χ1v) is 9.30. The first kappa shape index (κ1) is 18.9. The van der Waals surface area contributed by atoms with Gasteiger partial charge in [-0.2, -0.15) is 0 Å². The van der Waals surface area contributed by atoms with Gasteiger partial charge < -0.3 is 14.4 Å². The van der Waals surface area contributed by atoms with Crippen LogP contribution in [0.15, 0.2) is 30.3 Å². The van der Waals surface area contributed by atoms with Crippen LogP contribution in [0, 0.1) is 0 Å². The van der Waals surface area contributed by atoms with E-state index in [-0.39, 0.29) is 13.2 Å². The van der Waals surface area contributed by atoms with Gasteiger partial charge in [-0.05, 0) is 36.6 Å². The molecule has 0 aliphatic carbocycles. The van der Waals surface area contributed by atoms with Crippen LogP contribution >= 0.6 is 0 Å². The minimum absolute atomic E-state index is 0.172. The predicted molar refractivity (Wildman–Crippen MR) is 100 cm³/mol. The highest BCUT2D eigenvalue weighted by atomic mass is 16.6. The molecule has 144 valence electrons. The Bertz CT molecular complexity index is 706. The van der Waals surface area contributed by atoms with Crippen molar-refractivity contribution in [3.05, 3.63) is 35.9 Å². The molecule has 0 N–H and O–H groups in total. The van der Waals surface area contributed by atoms with Crippen LogP contribution in [-0.2, 0) is 19.1 Å². The number of hydrogen-bond donors (Lipinski definition) is 0. The number of benzene rings is 1. The summed E-state index contributed by atoms with van der Waals surface area (Å²) in [7, 11) is 0. The fourth-order valence-electron chi connectivity index (χ4n) is 3.17. The standard InChI is InChI=1S/C20H24N2O5/c23-18(22-13-14-26-20(22)25)15-27-19(24)10-7-16-5-8-17(9-6-16)21-11-3-1-2-4-12-21/h5-10H,1-4,11-15H2/b10-7+. The van der Waals surface area contributed by atoms with Crippen LogP contribution in [0.25, 0.3) is 6.08 Å². The third-order valence-corrected chi connectivity index (χ3v) is 4.68. The summed E-state index contributed by atoms with van der Waals surface area (Å²) in [4.78, 5) is 38.1. The van der Waals surface area contributed by atoms with Crippen molar-refractivity contribution in [1.82, 2.24) is 4.90 Å². The van der Waals surface area contributed by atoms with Crippen LogP contribution in [0.3, 0.4) is 0 Å². The van der Waals surface area contributed by atoms with Crippen LogP contribution in [0.2, 0.25) is 0 Å². The zero-order chi connectivity index (χ0) is 19.1. The maximum absolute atomic E-state index is 11.8. The van der Waals surface area contributed by atoms with Gasteiger partial charge in [0.25, 0.3) is 5.91 Å². The van der Waals surface area contributed by atoms with Gasteiger partial charge in [0.05, 0.1) is 6.54 Å². The van der Waals surface area contributed by atoms with Crippen LogP contribution in [0.4, 0.5) is 10.5 Å². The molecule has 2 aliphatic heterocycles. The van der Waals surface area contributed by atoms with E-state index < -0.39 is 24.6 Å². The number of cyclic esters (lactones) is 1. The Balaban J connectivity index is 1.47. The molecule has 0 radical (unpaired) electrons. The molecule has 2 heterocycles. The predicted octanol–water partition coefficient (Wildman–Crippen LogP) is 2.60. The summed E-state index contributed by atoms with van der Waals surface area (Å²) in [5.74, 6) is -1.21. The summed E-state index contributed by atoms with van der Waals surface area (Å²) in [6, 6.07) is 8.02. The van der Waals surface area contributed by atoms with Crippen molar-refractivity contribution in [3.8, 4) is 0 Å². The number of amides is 2. The lowest BCUT2D eigenvalue weighted by Gasteiger charge is -2.22. The summed E-state index contributed by atoms with van der Waals surface area (Å²) in [6.07, 6.45) is 7.25. The number of ether oxygens (including phenoxy) is 2. The summed E-state index contributed by atoms with van der Waals surface area (Å²) in [5, 5.41) is 0. The number of rotatable bonds is 5. The summed E-state index contributed by atoms with van der Waals surface area (Å²) in [6.45, 7) is 2.05. The van der Waals surface area contributed by atoms with Crippen LogP contribution < -0.4 is 4.90 Å². The topological polar surface area (TPSA) is 76.2 Å². The molecule has 0 aromatic heterocycles. The number of esters is 1. The Labute approximate surface area is 158 Å². The van der Waals surface area contributed by atoms with E-state index in [1.807, 2.05) is 12.1 Å². The number of nitrogens with zero attached hydrogens (tertiary/aromatic N) is 2. The van der Waals surface area contributed by atoms with E-state index in [1.165, 1.54) is 37.4 Å². The van der Waals surface area contributed by atoms with Crippen LogP contribution in [0.5, 0.6) is 0 Å². The lowest BCUT2D eigenvalue weighted by Crippen LogP contribution is -2.35. The number of imide groups is 1. The average Bonchev–Trinajstić information content (AvgIpc) is 2.94. The SMILES string of the molecule is O=C(/C=C/c1ccc(N2CCCCCC2)cc1)OCC(=O)N1CCOC1=O. The molecule has 7 heteroatoms. The molecule has 0 saturated carbocycles. The average molecular weight is 372 g/mol. The highest BCUT2D eigenvalue weighted by molar-refractivity contribution is 5.95. The van der Waals surface area contributed by atoms with E-state index >= 15 is 0 Å². The first-order chi connectivity index (χ1) is 13.1. The summed E-state index contributed by atoms with van der Waals surface area (Å²) < 4.78 is 9.55. The summed E-state index contributed by atoms with van der Waals surface area (Å²) in [5.41, 5.74) is 2.07. The minimum atomic E-state index is -0.698. The van der Waals surface area contributed by atoms with E-state index in [9.17, 15) is 14.4 Å². The molecule has 1 aromatic rings. The Morgan fingerprint density at radius 1 is 1.04 bits per heavy atom. The normalized spacial score (nSPS) is 17.7. The largest absolute Gasteiger partial charge is 0.452 e. The van der Waals surface area contributed by atoms with Crippen molar-refractivity contribution in [3.63, 3.8) is 0 Å². The molecule has 0 unspecified atom stereocenters. The number of carbonyl (C=O) groups excluding carboxylic acids is 3. The van der Waals surface area contributed by atoms with Crippen molar-refractivity contribution >= 4 is 29.7 Å². The molecule has 0 bridgehead atoms. The lowest BCUT2D eigenvalue weighted by molar-refractivity contribution is -0.146. The van der Waals surface area contributed by atoms with E-state index in [1.54, 1.807) is 6.08 Å². The Hall–Kier alpha value is -2.83. The van der Waals surface area contributed by atoms with Crippen molar-refractivity contribution in [2.24, 2.45) is 0 Å². The Morgan fingerprint density at radius 3 is 2.37 bits per heavy atom. The molecule has 2 saturated heterocycles. The molecule has 7 nitrogen and oxygen atoms in total. The third-order valence-electron chi connectivity index (χ3n) is 4.68. The molecule has 2 fully saturated rings. The fraction of sp³-hybridized carbons (Fsp3) is 0.450. The number of hydrogen-bond acceptors (Lipinski definition) is 6. The minimum Gasteiger partial charge on any atom is -0.452 e. The number of anilines is 1. The molecular formula is C20H24N2O5. The highest BCUT2D eigenvalue weighted by Gasteiger charge is 2.28. The third kappa shape index (κ3) is 5.32. The zero-order valence-corrected chi connectivity index (χ0v) is 15.3. The van der Waals surface area contributed by atoms with Gasteiger partial charge in [-0.15, -0.1) is 0 Å². The van der Waals surface area contributed by atoms with E-state index in [0.717, 1.165) is 23.6 Å². The smallest absolute Gasteiger partial charge is 0.416 e. The fourth-order valence-corrected chi connectivity index (χ4v) is 3.17. The first-order valence-electron chi connectivity index (χ1n) is 9.30. The van der Waals surface area contributed by atoms with E-state index in [0.29, 0.717) is 0 Å². The maximum atomic E-state index is 11.8. The van der Waals surface area contributed by atoms with Gasteiger partial charge in [0, 0.05) is 24.9 Å². The Kier molecular flexibility index (Phi) is 6.46. The van der Waals surface area contributed by atoms with Crippen molar-refractivity contribution in [2.45, 2.75) is 25.7 Å². The van der Waals surface area contributed by atoms with E-state index in [4.69, 9.17) is 4.74 Å². The second kappa shape index (κ2) is 9.21. The molecule has 2 amide bonds. The highest BCUT2D eigenvalue weighted by Crippen LogP contribution is 2.20. The molecule has 0 spiro atoms. The van der Waals surface area contributed by atoms with Gasteiger partial charge in [-0.3, -0.25) is 4.79 Å². The number of carbonyl (C=O) groups is 3. The maximum Gasteiger partial charge on any atom is 0.416 e. The van der Waals surface area contributed by atoms with Gasteiger partial charge in [-0.25, -0.2) is 14.5 Å². The van der Waals surface area contributed by atoms with Gasteiger partial charge in [-0.1, -0.05) is 25.0 Å². The van der Waals surface area contributed by atoms with Crippen LogP contribution in [-0.4, -0.2) is 55.7 Å². The van der Waals surface area contributed by atoms with E-state index in [2.05, 4.69) is 21.8 Å². The molecule has 3 rings (SSSR count).